The Hall–Kier alpha value is -1.57. The quantitative estimate of drug-likeness (QED) is 0.663. The van der Waals surface area contributed by atoms with Crippen LogP contribution in [0.2, 0.25) is 0 Å². The maximum absolute atomic E-state index is 10.8. The Morgan fingerprint density at radius 3 is 2.77 bits per heavy atom. The summed E-state index contributed by atoms with van der Waals surface area (Å²) in [4.78, 5) is 10.8. The number of carbonyl (C=O) groups is 1. The van der Waals surface area contributed by atoms with Crippen molar-refractivity contribution in [3.05, 3.63) is 41.0 Å². The van der Waals surface area contributed by atoms with Gasteiger partial charge in [-0.25, -0.2) is 0 Å². The number of aldehydes is 1. The van der Waals surface area contributed by atoms with Crippen LogP contribution in [0.3, 0.4) is 0 Å². The topological polar surface area (TPSA) is 37.3 Å². The van der Waals surface area contributed by atoms with Crippen LogP contribution in [0.25, 0.3) is 5.76 Å². The molecule has 13 heavy (non-hydrogen) atoms. The van der Waals surface area contributed by atoms with Crippen LogP contribution in [0.4, 0.5) is 0 Å². The Morgan fingerprint density at radius 1 is 1.38 bits per heavy atom. The first kappa shape index (κ1) is 8.05. The maximum Gasteiger partial charge on any atom is 0.131 e. The average Bonchev–Trinajstić information content (AvgIpc) is 2.41. The van der Waals surface area contributed by atoms with Crippen LogP contribution in [-0.2, 0) is 4.79 Å². The molecule has 0 aromatic heterocycles. The summed E-state index contributed by atoms with van der Waals surface area (Å²) in [5, 5.41) is 9.67. The molecule has 2 heteroatoms. The Kier molecular flexibility index (Phi) is 1.69. The fourth-order valence-corrected chi connectivity index (χ4v) is 1.75. The van der Waals surface area contributed by atoms with Gasteiger partial charge in [-0.2, -0.15) is 0 Å². The van der Waals surface area contributed by atoms with E-state index in [1.807, 2.05) is 24.3 Å². The van der Waals surface area contributed by atoms with Gasteiger partial charge in [0.05, 0.1) is 5.92 Å². The minimum Gasteiger partial charge on any atom is -0.507 e. The molecule has 1 aliphatic carbocycles. The summed E-state index contributed by atoms with van der Waals surface area (Å²) in [5.41, 5.74) is 2.45. The third-order valence-corrected chi connectivity index (χ3v) is 2.53. The third-order valence-electron chi connectivity index (χ3n) is 2.53. The van der Waals surface area contributed by atoms with Gasteiger partial charge in [-0.1, -0.05) is 24.3 Å². The van der Waals surface area contributed by atoms with Crippen LogP contribution in [-0.4, -0.2) is 11.4 Å². The minimum absolute atomic E-state index is 0.254. The number of benzene rings is 1. The van der Waals surface area contributed by atoms with Crippen LogP contribution < -0.4 is 0 Å². The molecule has 0 fully saturated rings. The zero-order chi connectivity index (χ0) is 9.42. The molecular weight excluding hydrogens is 164 g/mol. The van der Waals surface area contributed by atoms with Crippen molar-refractivity contribution >= 4 is 12.0 Å². The molecule has 1 unspecified atom stereocenters. The van der Waals surface area contributed by atoms with Gasteiger partial charge in [-0.05, 0) is 18.1 Å². The molecule has 0 saturated carbocycles. The highest BCUT2D eigenvalue weighted by Crippen LogP contribution is 2.38. The van der Waals surface area contributed by atoms with E-state index < -0.39 is 0 Å². The van der Waals surface area contributed by atoms with E-state index in [1.54, 1.807) is 6.92 Å². The molecule has 1 aromatic carbocycles. The molecular formula is C11H10O2. The van der Waals surface area contributed by atoms with Crippen LogP contribution in [0.1, 0.15) is 24.0 Å². The highest BCUT2D eigenvalue weighted by molar-refractivity contribution is 5.83. The van der Waals surface area contributed by atoms with Crippen molar-refractivity contribution in [2.45, 2.75) is 12.8 Å². The molecule has 1 N–H and O–H groups in total. The third kappa shape index (κ3) is 0.985. The van der Waals surface area contributed by atoms with E-state index in [0.29, 0.717) is 0 Å². The van der Waals surface area contributed by atoms with Gasteiger partial charge >= 0.3 is 0 Å². The molecule has 0 aliphatic heterocycles. The number of aliphatic hydroxyl groups excluding tert-OH is 1. The van der Waals surface area contributed by atoms with E-state index in [-0.39, 0.29) is 11.7 Å². The summed E-state index contributed by atoms with van der Waals surface area (Å²) in [6.07, 6.45) is 0.872. The first-order valence-corrected chi connectivity index (χ1v) is 4.20. The van der Waals surface area contributed by atoms with Crippen LogP contribution in [0.15, 0.2) is 29.8 Å². The fourth-order valence-electron chi connectivity index (χ4n) is 1.75. The number of aliphatic hydroxyl groups is 1. The predicted octanol–water partition coefficient (Wildman–Crippen LogP) is 2.27. The smallest absolute Gasteiger partial charge is 0.131 e. The molecule has 1 atom stereocenters. The van der Waals surface area contributed by atoms with Crippen LogP contribution in [0.5, 0.6) is 0 Å². The van der Waals surface area contributed by atoms with E-state index in [2.05, 4.69) is 0 Å². The fraction of sp³-hybridized carbons (Fsp3) is 0.182. The Bertz CT molecular complexity index is 391. The van der Waals surface area contributed by atoms with Crippen LogP contribution in [0, 0.1) is 0 Å². The summed E-state index contributed by atoms with van der Waals surface area (Å²) >= 11 is 0. The van der Waals surface area contributed by atoms with Crippen molar-refractivity contribution in [1.82, 2.24) is 0 Å². The first-order chi connectivity index (χ1) is 6.25. The average molecular weight is 174 g/mol. The maximum atomic E-state index is 10.8. The van der Waals surface area contributed by atoms with Gasteiger partial charge in [-0.3, -0.25) is 0 Å². The van der Waals surface area contributed by atoms with E-state index in [1.165, 1.54) is 0 Å². The van der Waals surface area contributed by atoms with Gasteiger partial charge in [-0.15, -0.1) is 0 Å². The molecule has 0 heterocycles. The molecule has 0 bridgehead atoms. The number of hydrogen-bond acceptors (Lipinski definition) is 2. The van der Waals surface area contributed by atoms with Gasteiger partial charge in [0.25, 0.3) is 0 Å². The number of rotatable bonds is 1. The standard InChI is InChI=1S/C11H10O2/c1-7-10(6-12)8-4-2-3-5-9(8)11(7)13/h2-6,10,13H,1H3. The van der Waals surface area contributed by atoms with Gasteiger partial charge in [0.1, 0.15) is 12.0 Å². The lowest BCUT2D eigenvalue weighted by Crippen LogP contribution is -1.97. The van der Waals surface area contributed by atoms with Gasteiger partial charge in [0.15, 0.2) is 0 Å². The highest BCUT2D eigenvalue weighted by atomic mass is 16.3. The van der Waals surface area contributed by atoms with Crippen LogP contribution >= 0.6 is 0 Å². The first-order valence-electron chi connectivity index (χ1n) is 4.20. The minimum atomic E-state index is -0.254. The summed E-state index contributed by atoms with van der Waals surface area (Å²) < 4.78 is 0. The van der Waals surface area contributed by atoms with Crippen molar-refractivity contribution in [3.63, 3.8) is 0 Å². The summed E-state index contributed by atoms with van der Waals surface area (Å²) in [5.74, 6) is 0.00361. The second-order valence-electron chi connectivity index (χ2n) is 3.23. The molecule has 1 aromatic rings. The van der Waals surface area contributed by atoms with Crippen molar-refractivity contribution in [2.24, 2.45) is 0 Å². The lowest BCUT2D eigenvalue weighted by atomic mass is 9.98. The number of hydrogen-bond donors (Lipinski definition) is 1. The van der Waals surface area contributed by atoms with Gasteiger partial charge in [0, 0.05) is 5.56 Å². The second kappa shape index (κ2) is 2.73. The zero-order valence-corrected chi connectivity index (χ0v) is 7.32. The molecule has 0 amide bonds. The lowest BCUT2D eigenvalue weighted by Gasteiger charge is -2.03. The van der Waals surface area contributed by atoms with Crippen molar-refractivity contribution in [1.29, 1.82) is 0 Å². The molecule has 0 saturated heterocycles. The second-order valence-corrected chi connectivity index (χ2v) is 3.23. The summed E-state index contributed by atoms with van der Waals surface area (Å²) in [7, 11) is 0. The van der Waals surface area contributed by atoms with E-state index in [4.69, 9.17) is 0 Å². The van der Waals surface area contributed by atoms with E-state index in [0.717, 1.165) is 23.0 Å². The molecule has 0 spiro atoms. The molecule has 2 nitrogen and oxygen atoms in total. The highest BCUT2D eigenvalue weighted by Gasteiger charge is 2.27. The van der Waals surface area contributed by atoms with Crippen molar-refractivity contribution < 1.29 is 9.90 Å². The van der Waals surface area contributed by atoms with Crippen molar-refractivity contribution in [2.75, 3.05) is 0 Å². The van der Waals surface area contributed by atoms with Gasteiger partial charge in [0.2, 0.25) is 0 Å². The molecule has 0 radical (unpaired) electrons. The summed E-state index contributed by atoms with van der Waals surface area (Å²) in [6, 6.07) is 7.44. The Labute approximate surface area is 76.5 Å². The SMILES string of the molecule is CC1=C(O)c2ccccc2C1C=O. The lowest BCUT2D eigenvalue weighted by molar-refractivity contribution is -0.108. The largest absolute Gasteiger partial charge is 0.507 e. The predicted molar refractivity (Wildman–Crippen MR) is 50.5 cm³/mol. The Balaban J connectivity index is 2.65. The monoisotopic (exact) mass is 174 g/mol. The molecule has 1 aliphatic rings. The number of fused-ring (bicyclic) bond motifs is 1. The molecule has 2 rings (SSSR count). The normalized spacial score (nSPS) is 20.2. The van der Waals surface area contributed by atoms with Crippen molar-refractivity contribution in [3.8, 4) is 0 Å². The van der Waals surface area contributed by atoms with E-state index >= 15 is 0 Å². The number of allylic oxidation sites excluding steroid dienone is 1. The molecule has 66 valence electrons. The van der Waals surface area contributed by atoms with Gasteiger partial charge < -0.3 is 9.90 Å². The Morgan fingerprint density at radius 2 is 2.08 bits per heavy atom. The number of carbonyl (C=O) groups excluding carboxylic acids is 1. The zero-order valence-electron chi connectivity index (χ0n) is 7.32. The van der Waals surface area contributed by atoms with E-state index in [9.17, 15) is 9.90 Å². The summed E-state index contributed by atoms with van der Waals surface area (Å²) in [6.45, 7) is 1.79.